The molecule has 0 bridgehead atoms. The summed E-state index contributed by atoms with van der Waals surface area (Å²) in [7, 11) is 3.49. The maximum absolute atomic E-state index is 5.52. The summed E-state index contributed by atoms with van der Waals surface area (Å²) in [5.41, 5.74) is 0. The largest absolute Gasteiger partial charge is 0.381 e. The van der Waals surface area contributed by atoms with Gasteiger partial charge in [0.1, 0.15) is 12.4 Å². The molecule has 2 aliphatic rings. The summed E-state index contributed by atoms with van der Waals surface area (Å²) >= 11 is 1.93. The third-order valence-electron chi connectivity index (χ3n) is 5.15. The standard InChI is InChI=1S/C17H30N6O2S.HI/c1-18-16(19-12-17(26-3)6-8-25-9-7-17)20-13-4-5-15-21-14(11-24-2)22-23(15)10-13;/h13H,4-12H2,1-3H3,(H2,18,19,20);1H. The number of aliphatic imine (C=N–C) groups is 1. The number of guanidine groups is 1. The molecule has 1 saturated heterocycles. The summed E-state index contributed by atoms with van der Waals surface area (Å²) in [6, 6.07) is 0.297. The van der Waals surface area contributed by atoms with Crippen molar-refractivity contribution in [1.29, 1.82) is 0 Å². The predicted molar refractivity (Wildman–Crippen MR) is 119 cm³/mol. The molecular weight excluding hydrogens is 479 g/mol. The number of halogens is 1. The highest BCUT2D eigenvalue weighted by Gasteiger charge is 2.32. The minimum absolute atomic E-state index is 0. The Balaban J connectivity index is 0.00000261. The highest BCUT2D eigenvalue weighted by Crippen LogP contribution is 2.32. The SMILES string of the molecule is CN=C(NCC1(SC)CCOCC1)NC1CCc2nc(COC)nn2C1.I. The second-order valence-electron chi connectivity index (χ2n) is 6.86. The predicted octanol–water partition coefficient (Wildman–Crippen LogP) is 1.43. The summed E-state index contributed by atoms with van der Waals surface area (Å²) in [6.07, 6.45) is 6.28. The number of nitrogens with one attached hydrogen (secondary N) is 2. The zero-order valence-electron chi connectivity index (χ0n) is 16.4. The molecule has 1 atom stereocenters. The molecule has 8 nitrogen and oxygen atoms in total. The molecule has 0 aliphatic carbocycles. The van der Waals surface area contributed by atoms with Gasteiger partial charge in [-0.15, -0.1) is 24.0 Å². The Morgan fingerprint density at radius 3 is 2.89 bits per heavy atom. The molecule has 1 aromatic heterocycles. The summed E-state index contributed by atoms with van der Waals surface area (Å²) in [5, 5.41) is 11.6. The second kappa shape index (κ2) is 10.8. The van der Waals surface area contributed by atoms with Crippen LogP contribution in [-0.4, -0.2) is 71.7 Å². The van der Waals surface area contributed by atoms with Gasteiger partial charge in [-0.3, -0.25) is 4.99 Å². The summed E-state index contributed by atoms with van der Waals surface area (Å²) in [4.78, 5) is 8.94. The average Bonchev–Trinajstić information content (AvgIpc) is 3.07. The molecule has 1 aromatic rings. The molecule has 2 N–H and O–H groups in total. The van der Waals surface area contributed by atoms with Crippen LogP contribution in [0.5, 0.6) is 0 Å². The fraction of sp³-hybridized carbons (Fsp3) is 0.824. The number of hydrogen-bond acceptors (Lipinski definition) is 6. The molecule has 1 fully saturated rings. The zero-order valence-corrected chi connectivity index (χ0v) is 19.5. The number of aromatic nitrogens is 3. The number of thioether (sulfide) groups is 1. The van der Waals surface area contributed by atoms with E-state index in [-0.39, 0.29) is 28.7 Å². The van der Waals surface area contributed by atoms with E-state index < -0.39 is 0 Å². The average molecular weight is 510 g/mol. The van der Waals surface area contributed by atoms with Crippen molar-refractivity contribution in [2.75, 3.05) is 40.2 Å². The number of aryl methyl sites for hydroxylation is 1. The van der Waals surface area contributed by atoms with E-state index in [9.17, 15) is 0 Å². The van der Waals surface area contributed by atoms with Crippen molar-refractivity contribution in [3.05, 3.63) is 11.6 Å². The number of nitrogens with zero attached hydrogens (tertiary/aromatic N) is 4. The van der Waals surface area contributed by atoms with Crippen molar-refractivity contribution in [3.63, 3.8) is 0 Å². The van der Waals surface area contributed by atoms with Crippen molar-refractivity contribution in [2.45, 2.75) is 49.6 Å². The van der Waals surface area contributed by atoms with Gasteiger partial charge in [0.05, 0.1) is 6.54 Å². The van der Waals surface area contributed by atoms with Crippen LogP contribution in [0.15, 0.2) is 4.99 Å². The van der Waals surface area contributed by atoms with Gasteiger partial charge in [-0.25, -0.2) is 9.67 Å². The van der Waals surface area contributed by atoms with E-state index in [4.69, 9.17) is 9.47 Å². The summed E-state index contributed by atoms with van der Waals surface area (Å²) in [5.74, 6) is 2.66. The first-order valence-electron chi connectivity index (χ1n) is 9.19. The van der Waals surface area contributed by atoms with Crippen LogP contribution < -0.4 is 10.6 Å². The first-order chi connectivity index (χ1) is 12.7. The molecule has 10 heteroatoms. The number of ether oxygens (including phenoxy) is 2. The Kier molecular flexibility index (Phi) is 9.09. The van der Waals surface area contributed by atoms with Crippen LogP contribution in [0, 0.1) is 0 Å². The maximum atomic E-state index is 5.52. The topological polar surface area (TPSA) is 85.6 Å². The lowest BCUT2D eigenvalue weighted by atomic mass is 9.99. The quantitative estimate of drug-likeness (QED) is 0.340. The Labute approximate surface area is 182 Å². The molecule has 0 saturated carbocycles. The molecule has 154 valence electrons. The van der Waals surface area contributed by atoms with E-state index in [2.05, 4.69) is 32.0 Å². The third kappa shape index (κ3) is 5.94. The van der Waals surface area contributed by atoms with Crippen LogP contribution in [0.3, 0.4) is 0 Å². The van der Waals surface area contributed by atoms with Crippen LogP contribution in [0.1, 0.15) is 30.9 Å². The molecule has 3 rings (SSSR count). The molecule has 0 aromatic carbocycles. The van der Waals surface area contributed by atoms with Gasteiger partial charge in [0.2, 0.25) is 0 Å². The normalized spacial score (nSPS) is 21.9. The lowest BCUT2D eigenvalue weighted by molar-refractivity contribution is 0.0782. The van der Waals surface area contributed by atoms with Crippen LogP contribution in [0.2, 0.25) is 0 Å². The smallest absolute Gasteiger partial charge is 0.191 e. The van der Waals surface area contributed by atoms with E-state index in [1.165, 1.54) is 0 Å². The van der Waals surface area contributed by atoms with Gasteiger partial charge in [-0.05, 0) is 25.5 Å². The van der Waals surface area contributed by atoms with Crippen LogP contribution >= 0.6 is 35.7 Å². The number of fused-ring (bicyclic) bond motifs is 1. The minimum Gasteiger partial charge on any atom is -0.381 e. The van der Waals surface area contributed by atoms with Crippen LogP contribution in [-0.2, 0) is 29.0 Å². The van der Waals surface area contributed by atoms with E-state index in [0.717, 1.165) is 69.6 Å². The van der Waals surface area contributed by atoms with Gasteiger partial charge in [-0.2, -0.15) is 16.9 Å². The number of methoxy groups -OCH3 is 1. The van der Waals surface area contributed by atoms with Crippen molar-refractivity contribution >= 4 is 41.7 Å². The van der Waals surface area contributed by atoms with Crippen LogP contribution in [0.25, 0.3) is 0 Å². The summed E-state index contributed by atoms with van der Waals surface area (Å²) < 4.78 is 12.9. The lowest BCUT2D eigenvalue weighted by Crippen LogP contribution is -2.51. The van der Waals surface area contributed by atoms with Gasteiger partial charge in [0.15, 0.2) is 11.8 Å². The van der Waals surface area contributed by atoms with E-state index in [1.54, 1.807) is 7.11 Å². The fourth-order valence-corrected chi connectivity index (χ4v) is 4.29. The van der Waals surface area contributed by atoms with E-state index in [1.807, 2.05) is 23.5 Å². The van der Waals surface area contributed by atoms with Gasteiger partial charge in [0, 0.05) is 51.1 Å². The third-order valence-corrected chi connectivity index (χ3v) is 6.57. The highest BCUT2D eigenvalue weighted by molar-refractivity contribution is 14.0. The van der Waals surface area contributed by atoms with E-state index in [0.29, 0.717) is 12.6 Å². The second-order valence-corrected chi connectivity index (χ2v) is 8.14. The Hall–Kier alpha value is -0.590. The first kappa shape index (κ1) is 22.7. The Bertz CT molecular complexity index is 621. The zero-order chi connectivity index (χ0) is 18.4. The molecule has 0 radical (unpaired) electrons. The molecule has 0 spiro atoms. The lowest BCUT2D eigenvalue weighted by Gasteiger charge is -2.36. The molecular formula is C17H31IN6O2S. The van der Waals surface area contributed by atoms with Gasteiger partial charge in [-0.1, -0.05) is 0 Å². The molecule has 27 heavy (non-hydrogen) atoms. The molecule has 1 unspecified atom stereocenters. The van der Waals surface area contributed by atoms with Crippen molar-refractivity contribution in [1.82, 2.24) is 25.4 Å². The van der Waals surface area contributed by atoms with Gasteiger partial charge < -0.3 is 20.1 Å². The van der Waals surface area contributed by atoms with Crippen LogP contribution in [0.4, 0.5) is 0 Å². The maximum Gasteiger partial charge on any atom is 0.191 e. The van der Waals surface area contributed by atoms with Crippen molar-refractivity contribution in [3.8, 4) is 0 Å². The van der Waals surface area contributed by atoms with Gasteiger partial charge in [0.25, 0.3) is 0 Å². The Morgan fingerprint density at radius 1 is 1.44 bits per heavy atom. The minimum atomic E-state index is 0. The van der Waals surface area contributed by atoms with Crippen molar-refractivity contribution in [2.24, 2.45) is 4.99 Å². The number of hydrogen-bond donors (Lipinski definition) is 2. The first-order valence-corrected chi connectivity index (χ1v) is 10.4. The van der Waals surface area contributed by atoms with E-state index >= 15 is 0 Å². The molecule has 3 heterocycles. The monoisotopic (exact) mass is 510 g/mol. The Morgan fingerprint density at radius 2 is 2.22 bits per heavy atom. The number of rotatable bonds is 6. The van der Waals surface area contributed by atoms with Crippen molar-refractivity contribution < 1.29 is 9.47 Å². The van der Waals surface area contributed by atoms with Gasteiger partial charge >= 0.3 is 0 Å². The summed E-state index contributed by atoms with van der Waals surface area (Å²) in [6.45, 7) is 3.85. The molecule has 0 amide bonds. The highest BCUT2D eigenvalue weighted by atomic mass is 127. The fourth-order valence-electron chi connectivity index (χ4n) is 3.50. The molecule has 2 aliphatic heterocycles.